The molecule has 0 aromatic heterocycles. The SMILES string of the molecule is CCCCC/C=C/C/C=C/C/C=C/C/C=C/CCCCCC(=O)O[C@H](COC(=O)CCCCCCCCCCCCCCCCCCCCCCCC)COP(=O)([O-])OCC[N+](C)(C)C. The van der Waals surface area contributed by atoms with Crippen LogP contribution in [0.3, 0.4) is 0 Å². The number of phosphoric ester groups is 1. The number of hydrogen-bond acceptors (Lipinski definition) is 8. The Hall–Kier alpha value is -2.03. The third-order valence-corrected chi connectivity index (χ3v) is 12.6. The highest BCUT2D eigenvalue weighted by Gasteiger charge is 2.21. The molecule has 0 aromatic rings. The maximum Gasteiger partial charge on any atom is 0.306 e. The van der Waals surface area contributed by atoms with Crippen molar-refractivity contribution in [1.82, 2.24) is 0 Å². The molecule has 0 saturated heterocycles. The van der Waals surface area contributed by atoms with Crippen LogP contribution in [0.15, 0.2) is 48.6 Å². The minimum atomic E-state index is -4.64. The number of phosphoric acid groups is 1. The summed E-state index contributed by atoms with van der Waals surface area (Å²) in [5.74, 6) is -0.862. The number of quaternary nitrogens is 1. The Bertz CT molecular complexity index is 1240. The van der Waals surface area contributed by atoms with Gasteiger partial charge in [-0.25, -0.2) is 0 Å². The number of likely N-dealkylation sites (N-methyl/N-ethyl adjacent to an activating group) is 1. The highest BCUT2D eigenvalue weighted by molar-refractivity contribution is 7.45. The quantitative estimate of drug-likeness (QED) is 0.0195. The van der Waals surface area contributed by atoms with E-state index in [9.17, 15) is 19.0 Å². The molecule has 2 atom stereocenters. The van der Waals surface area contributed by atoms with E-state index < -0.39 is 26.5 Å². The van der Waals surface area contributed by atoms with Gasteiger partial charge in [0.2, 0.25) is 0 Å². The maximum absolute atomic E-state index is 12.7. The van der Waals surface area contributed by atoms with Crippen LogP contribution < -0.4 is 4.89 Å². The number of allylic oxidation sites excluding steroid dienone is 8. The molecular formula is C55H102NO8P. The molecule has 10 heteroatoms. The normalized spacial score (nSPS) is 13.8. The number of hydrogen-bond donors (Lipinski definition) is 0. The Morgan fingerprint density at radius 2 is 0.831 bits per heavy atom. The van der Waals surface area contributed by atoms with Gasteiger partial charge in [-0.05, 0) is 57.8 Å². The molecule has 0 aliphatic carbocycles. The summed E-state index contributed by atoms with van der Waals surface area (Å²) in [6, 6.07) is 0. The molecule has 0 aromatic carbocycles. The van der Waals surface area contributed by atoms with Crippen molar-refractivity contribution in [2.24, 2.45) is 0 Å². The third-order valence-electron chi connectivity index (χ3n) is 11.6. The zero-order valence-corrected chi connectivity index (χ0v) is 43.8. The molecule has 0 heterocycles. The summed E-state index contributed by atoms with van der Waals surface area (Å²) >= 11 is 0. The van der Waals surface area contributed by atoms with Gasteiger partial charge >= 0.3 is 11.9 Å². The summed E-state index contributed by atoms with van der Waals surface area (Å²) in [6.07, 6.45) is 57.2. The Labute approximate surface area is 401 Å². The van der Waals surface area contributed by atoms with Gasteiger partial charge in [0.05, 0.1) is 27.7 Å². The molecule has 380 valence electrons. The summed E-state index contributed by atoms with van der Waals surface area (Å²) in [5.41, 5.74) is 0. The van der Waals surface area contributed by atoms with Crippen LogP contribution in [-0.4, -0.2) is 70.0 Å². The average Bonchev–Trinajstić information content (AvgIpc) is 3.26. The average molecular weight is 936 g/mol. The second kappa shape index (κ2) is 47.1. The van der Waals surface area contributed by atoms with Crippen LogP contribution in [0, 0.1) is 0 Å². The first-order valence-corrected chi connectivity index (χ1v) is 28.3. The number of nitrogens with zero attached hydrogens (tertiary/aromatic N) is 1. The molecule has 0 bridgehead atoms. The number of ether oxygens (including phenoxy) is 2. The first-order chi connectivity index (χ1) is 31.5. The van der Waals surface area contributed by atoms with Gasteiger partial charge in [0.1, 0.15) is 19.8 Å². The van der Waals surface area contributed by atoms with Gasteiger partial charge in [0.25, 0.3) is 7.82 Å². The molecule has 65 heavy (non-hydrogen) atoms. The van der Waals surface area contributed by atoms with Crippen LogP contribution >= 0.6 is 7.82 Å². The first kappa shape index (κ1) is 63.0. The number of rotatable bonds is 49. The number of esters is 2. The van der Waals surface area contributed by atoms with Crippen molar-refractivity contribution in [1.29, 1.82) is 0 Å². The predicted molar refractivity (Wildman–Crippen MR) is 273 cm³/mol. The zero-order valence-electron chi connectivity index (χ0n) is 42.9. The van der Waals surface area contributed by atoms with Crippen LogP contribution in [0.25, 0.3) is 0 Å². The molecule has 0 saturated carbocycles. The van der Waals surface area contributed by atoms with Crippen LogP contribution in [0.2, 0.25) is 0 Å². The fraction of sp³-hybridized carbons (Fsp3) is 0.818. The van der Waals surface area contributed by atoms with Crippen molar-refractivity contribution >= 4 is 19.8 Å². The van der Waals surface area contributed by atoms with Crippen molar-refractivity contribution < 1.29 is 42.1 Å². The van der Waals surface area contributed by atoms with Gasteiger partial charge in [0.15, 0.2) is 6.10 Å². The van der Waals surface area contributed by atoms with E-state index in [4.69, 9.17) is 18.5 Å². The lowest BCUT2D eigenvalue weighted by Gasteiger charge is -2.28. The molecule has 1 unspecified atom stereocenters. The number of carbonyl (C=O) groups is 2. The monoisotopic (exact) mass is 936 g/mol. The van der Waals surface area contributed by atoms with Crippen LogP contribution in [0.1, 0.15) is 239 Å². The summed E-state index contributed by atoms with van der Waals surface area (Å²) in [7, 11) is 1.15. The fourth-order valence-electron chi connectivity index (χ4n) is 7.40. The highest BCUT2D eigenvalue weighted by Crippen LogP contribution is 2.38. The van der Waals surface area contributed by atoms with Crippen LogP contribution in [-0.2, 0) is 32.7 Å². The van der Waals surface area contributed by atoms with E-state index in [1.807, 2.05) is 21.1 Å². The van der Waals surface area contributed by atoms with Crippen molar-refractivity contribution in [3.8, 4) is 0 Å². The van der Waals surface area contributed by atoms with E-state index in [0.29, 0.717) is 17.4 Å². The van der Waals surface area contributed by atoms with E-state index in [1.165, 1.54) is 148 Å². The highest BCUT2D eigenvalue weighted by atomic mass is 31.2. The molecule has 0 amide bonds. The van der Waals surface area contributed by atoms with Crippen LogP contribution in [0.5, 0.6) is 0 Å². The largest absolute Gasteiger partial charge is 0.756 e. The van der Waals surface area contributed by atoms with Crippen molar-refractivity contribution in [3.05, 3.63) is 48.6 Å². The summed E-state index contributed by atoms with van der Waals surface area (Å²) in [6.45, 7) is 4.20. The standard InChI is InChI=1S/C55H102NO8P/c1-6-8-10-12-14-16-18-20-22-24-26-27-28-30-31-33-35-37-39-41-43-45-47-54(57)61-51-53(52-63-65(59,60)62-50-49-56(3,4)5)64-55(58)48-46-44-42-40-38-36-34-32-29-25-23-21-19-17-15-13-11-9-7-2/h15,17,21,23,29,32,36,38,53H,6-14,16,18-20,22,24-28,30-31,33-35,37,39-52H2,1-5H3/b17-15+,23-21+,32-29+,38-36+/t53-/m1/s1. The zero-order chi connectivity index (χ0) is 47.8. The molecular weight excluding hydrogens is 834 g/mol. The molecule has 0 N–H and O–H groups in total. The third kappa shape index (κ3) is 51.2. The second-order valence-corrected chi connectivity index (χ2v) is 20.7. The van der Waals surface area contributed by atoms with Gasteiger partial charge in [-0.2, -0.15) is 0 Å². The van der Waals surface area contributed by atoms with Crippen molar-refractivity contribution in [2.45, 2.75) is 245 Å². The second-order valence-electron chi connectivity index (χ2n) is 19.2. The van der Waals surface area contributed by atoms with E-state index >= 15 is 0 Å². The predicted octanol–water partition coefficient (Wildman–Crippen LogP) is 15.6. The molecule has 0 fully saturated rings. The summed E-state index contributed by atoms with van der Waals surface area (Å²) in [5, 5.41) is 0. The lowest BCUT2D eigenvalue weighted by molar-refractivity contribution is -0.870. The Morgan fingerprint density at radius 3 is 1.26 bits per heavy atom. The molecule has 0 radical (unpaired) electrons. The van der Waals surface area contributed by atoms with Gasteiger partial charge in [-0.15, -0.1) is 0 Å². The van der Waals surface area contributed by atoms with Crippen molar-refractivity contribution in [2.75, 3.05) is 47.5 Å². The Morgan fingerprint density at radius 1 is 0.477 bits per heavy atom. The molecule has 0 aliphatic heterocycles. The van der Waals surface area contributed by atoms with E-state index in [2.05, 4.69) is 62.5 Å². The number of carbonyl (C=O) groups excluding carboxylic acids is 2. The van der Waals surface area contributed by atoms with Gasteiger partial charge in [-0.1, -0.05) is 217 Å². The van der Waals surface area contributed by atoms with Gasteiger partial charge in [-0.3, -0.25) is 14.2 Å². The lowest BCUT2D eigenvalue weighted by Crippen LogP contribution is -2.37. The molecule has 9 nitrogen and oxygen atoms in total. The fourth-order valence-corrected chi connectivity index (χ4v) is 8.13. The summed E-state index contributed by atoms with van der Waals surface area (Å²) < 4.78 is 34.0. The molecule has 0 spiro atoms. The molecule has 0 rings (SSSR count). The molecule has 0 aliphatic rings. The van der Waals surface area contributed by atoms with Gasteiger partial charge in [0, 0.05) is 12.8 Å². The van der Waals surface area contributed by atoms with Gasteiger partial charge < -0.3 is 27.9 Å². The lowest BCUT2D eigenvalue weighted by atomic mass is 10.0. The smallest absolute Gasteiger partial charge is 0.306 e. The van der Waals surface area contributed by atoms with E-state index in [0.717, 1.165) is 57.8 Å². The first-order valence-electron chi connectivity index (χ1n) is 26.8. The summed E-state index contributed by atoms with van der Waals surface area (Å²) in [4.78, 5) is 37.8. The topological polar surface area (TPSA) is 111 Å². The Kier molecular flexibility index (Phi) is 45.6. The van der Waals surface area contributed by atoms with E-state index in [-0.39, 0.29) is 32.0 Å². The number of unbranched alkanes of at least 4 members (excludes halogenated alkanes) is 27. The minimum Gasteiger partial charge on any atom is -0.756 e. The minimum absolute atomic E-state index is 0.0374. The maximum atomic E-state index is 12.7. The van der Waals surface area contributed by atoms with E-state index in [1.54, 1.807) is 0 Å². The van der Waals surface area contributed by atoms with Crippen molar-refractivity contribution in [3.63, 3.8) is 0 Å². The van der Waals surface area contributed by atoms with Crippen LogP contribution in [0.4, 0.5) is 0 Å². The Balaban J connectivity index is 4.25.